The Bertz CT molecular complexity index is 1240. The number of amides is 1. The van der Waals surface area contributed by atoms with Crippen LogP contribution < -0.4 is 15.6 Å². The highest BCUT2D eigenvalue weighted by Gasteiger charge is 2.25. The Hall–Kier alpha value is -3.36. The topological polar surface area (TPSA) is 88.9 Å². The van der Waals surface area contributed by atoms with E-state index in [0.717, 1.165) is 72.9 Å². The molecule has 0 radical (unpaired) electrons. The summed E-state index contributed by atoms with van der Waals surface area (Å²) in [4.78, 5) is 18.8. The zero-order valence-corrected chi connectivity index (χ0v) is 20.5. The van der Waals surface area contributed by atoms with Gasteiger partial charge in [-0.1, -0.05) is 13.0 Å². The lowest BCUT2D eigenvalue weighted by atomic mass is 10.00. The first-order chi connectivity index (χ1) is 16.9. The van der Waals surface area contributed by atoms with Gasteiger partial charge in [0, 0.05) is 30.8 Å². The quantitative estimate of drug-likeness (QED) is 0.530. The first kappa shape index (κ1) is 23.4. The molecule has 0 aliphatic carbocycles. The predicted molar refractivity (Wildman–Crippen MR) is 135 cm³/mol. The number of hydrogen-bond donors (Lipinski definition) is 2. The zero-order chi connectivity index (χ0) is 24.4. The number of carbonyl (C=O) groups is 1. The number of fused-ring (bicyclic) bond motifs is 1. The number of rotatable bonds is 7. The summed E-state index contributed by atoms with van der Waals surface area (Å²) in [5, 5.41) is 0. The standard InChI is InChI=1S/C27H32N4O4/c1-4-18-16-24(32)29-30-25(18)20-7-10-22-23(15-20)34-26(28-22)19-5-8-21(9-6-19)35-27(2,3)17-31-11-13-33-14-12-31/h5-10,15,30H,4,11-14,16-17H2,1-3H3,(H,29,32). The smallest absolute Gasteiger partial charge is 0.242 e. The van der Waals surface area contributed by atoms with Crippen molar-refractivity contribution < 1.29 is 18.7 Å². The average Bonchev–Trinajstić information content (AvgIpc) is 3.28. The first-order valence-electron chi connectivity index (χ1n) is 12.2. The predicted octanol–water partition coefficient (Wildman–Crippen LogP) is 4.13. The van der Waals surface area contributed by atoms with E-state index >= 15 is 0 Å². The van der Waals surface area contributed by atoms with Crippen LogP contribution in [0.2, 0.25) is 0 Å². The van der Waals surface area contributed by atoms with Gasteiger partial charge in [0.1, 0.15) is 16.9 Å². The molecule has 0 atom stereocenters. The van der Waals surface area contributed by atoms with Gasteiger partial charge in [0.25, 0.3) is 0 Å². The normalized spacial score (nSPS) is 17.4. The van der Waals surface area contributed by atoms with Crippen LogP contribution >= 0.6 is 0 Å². The van der Waals surface area contributed by atoms with E-state index in [1.54, 1.807) is 0 Å². The Morgan fingerprint density at radius 3 is 2.54 bits per heavy atom. The van der Waals surface area contributed by atoms with Gasteiger partial charge in [0.05, 0.1) is 25.3 Å². The van der Waals surface area contributed by atoms with Gasteiger partial charge in [0.2, 0.25) is 11.8 Å². The molecule has 1 saturated heterocycles. The summed E-state index contributed by atoms with van der Waals surface area (Å²) in [7, 11) is 0. The van der Waals surface area contributed by atoms with E-state index in [-0.39, 0.29) is 11.5 Å². The molecule has 0 saturated carbocycles. The largest absolute Gasteiger partial charge is 0.487 e. The number of hydrogen-bond acceptors (Lipinski definition) is 7. The van der Waals surface area contributed by atoms with E-state index < -0.39 is 0 Å². The van der Waals surface area contributed by atoms with Crippen molar-refractivity contribution in [1.82, 2.24) is 20.7 Å². The fourth-order valence-electron chi connectivity index (χ4n) is 4.64. The molecule has 1 aromatic heterocycles. The Balaban J connectivity index is 1.32. The molecule has 1 amide bonds. The second-order valence-corrected chi connectivity index (χ2v) is 9.66. The summed E-state index contributed by atoms with van der Waals surface area (Å²) in [5.74, 6) is 1.35. The first-order valence-corrected chi connectivity index (χ1v) is 12.2. The number of carbonyl (C=O) groups excluding carboxylic acids is 1. The fourth-order valence-corrected chi connectivity index (χ4v) is 4.64. The minimum atomic E-state index is -0.314. The average molecular weight is 477 g/mol. The molecule has 8 heteroatoms. The highest BCUT2D eigenvalue weighted by atomic mass is 16.5. The van der Waals surface area contributed by atoms with Crippen LogP contribution in [0.5, 0.6) is 5.75 Å². The van der Waals surface area contributed by atoms with Crippen molar-refractivity contribution in [3.63, 3.8) is 0 Å². The van der Waals surface area contributed by atoms with Crippen LogP contribution in [0.25, 0.3) is 28.3 Å². The maximum Gasteiger partial charge on any atom is 0.242 e. The maximum atomic E-state index is 11.7. The molecule has 5 rings (SSSR count). The molecule has 0 spiro atoms. The van der Waals surface area contributed by atoms with Crippen LogP contribution in [-0.4, -0.2) is 54.2 Å². The number of aromatic nitrogens is 1. The van der Waals surface area contributed by atoms with E-state index in [1.165, 1.54) is 0 Å². The molecule has 2 N–H and O–H groups in total. The molecule has 0 bridgehead atoms. The molecule has 35 heavy (non-hydrogen) atoms. The lowest BCUT2D eigenvalue weighted by molar-refractivity contribution is -0.121. The minimum Gasteiger partial charge on any atom is -0.487 e. The molecule has 3 aromatic rings. The van der Waals surface area contributed by atoms with Crippen molar-refractivity contribution in [2.75, 3.05) is 32.8 Å². The Labute approximate surface area is 205 Å². The van der Waals surface area contributed by atoms with Gasteiger partial charge in [-0.2, -0.15) is 0 Å². The van der Waals surface area contributed by atoms with Gasteiger partial charge in [-0.3, -0.25) is 20.5 Å². The highest BCUT2D eigenvalue weighted by molar-refractivity contribution is 5.88. The summed E-state index contributed by atoms with van der Waals surface area (Å²) < 4.78 is 17.8. The number of hydrazine groups is 1. The molecule has 2 aromatic carbocycles. The Kier molecular flexibility index (Phi) is 6.49. The van der Waals surface area contributed by atoms with Gasteiger partial charge in [-0.05, 0) is 62.2 Å². The molecule has 3 heterocycles. The highest BCUT2D eigenvalue weighted by Crippen LogP contribution is 2.30. The number of morpholine rings is 1. The van der Waals surface area contributed by atoms with Crippen molar-refractivity contribution >= 4 is 22.7 Å². The van der Waals surface area contributed by atoms with E-state index in [0.29, 0.717) is 17.9 Å². The summed E-state index contributed by atoms with van der Waals surface area (Å²) in [6.45, 7) is 10.6. The molecule has 8 nitrogen and oxygen atoms in total. The van der Waals surface area contributed by atoms with Crippen molar-refractivity contribution in [3.8, 4) is 17.2 Å². The van der Waals surface area contributed by atoms with E-state index in [9.17, 15) is 4.79 Å². The van der Waals surface area contributed by atoms with Crippen molar-refractivity contribution in [2.24, 2.45) is 0 Å². The molecule has 184 valence electrons. The maximum absolute atomic E-state index is 11.7. The summed E-state index contributed by atoms with van der Waals surface area (Å²) in [6, 6.07) is 13.8. The fraction of sp³-hybridized carbons (Fsp3) is 0.407. The summed E-state index contributed by atoms with van der Waals surface area (Å²) >= 11 is 0. The van der Waals surface area contributed by atoms with Crippen LogP contribution in [-0.2, 0) is 9.53 Å². The van der Waals surface area contributed by atoms with Crippen molar-refractivity contribution in [3.05, 3.63) is 53.6 Å². The molecule has 2 aliphatic heterocycles. The van der Waals surface area contributed by atoms with Crippen LogP contribution in [0.15, 0.2) is 52.5 Å². The second kappa shape index (κ2) is 9.71. The van der Waals surface area contributed by atoms with Crippen LogP contribution in [0, 0.1) is 0 Å². The number of oxazole rings is 1. The number of nitrogens with zero attached hydrogens (tertiary/aromatic N) is 2. The number of benzene rings is 2. The summed E-state index contributed by atoms with van der Waals surface area (Å²) in [5.41, 5.74) is 10.8. The summed E-state index contributed by atoms with van der Waals surface area (Å²) in [6.07, 6.45) is 1.20. The van der Waals surface area contributed by atoms with Gasteiger partial charge >= 0.3 is 0 Å². The Morgan fingerprint density at radius 2 is 1.80 bits per heavy atom. The van der Waals surface area contributed by atoms with E-state index in [4.69, 9.17) is 13.9 Å². The van der Waals surface area contributed by atoms with Gasteiger partial charge in [-0.25, -0.2) is 4.98 Å². The minimum absolute atomic E-state index is 0.0226. The van der Waals surface area contributed by atoms with Crippen LogP contribution in [0.4, 0.5) is 0 Å². The van der Waals surface area contributed by atoms with E-state index in [1.807, 2.05) is 42.5 Å². The molecular weight excluding hydrogens is 444 g/mol. The van der Waals surface area contributed by atoms with Crippen molar-refractivity contribution in [2.45, 2.75) is 39.2 Å². The van der Waals surface area contributed by atoms with Crippen LogP contribution in [0.1, 0.15) is 39.2 Å². The van der Waals surface area contributed by atoms with Gasteiger partial charge in [0.15, 0.2) is 5.58 Å². The lowest BCUT2D eigenvalue weighted by Gasteiger charge is -2.35. The third kappa shape index (κ3) is 5.33. The number of ether oxygens (including phenoxy) is 2. The SMILES string of the molecule is CCC1=C(c2ccc3nc(-c4ccc(OC(C)(C)CN5CCOCC5)cc4)oc3c2)NNC(=O)C1. The van der Waals surface area contributed by atoms with Crippen LogP contribution in [0.3, 0.4) is 0 Å². The number of nitrogens with one attached hydrogen (secondary N) is 2. The third-order valence-electron chi connectivity index (χ3n) is 6.36. The second-order valence-electron chi connectivity index (χ2n) is 9.66. The molecule has 1 fully saturated rings. The van der Waals surface area contributed by atoms with Crippen molar-refractivity contribution in [1.29, 1.82) is 0 Å². The molecule has 0 unspecified atom stereocenters. The Morgan fingerprint density at radius 1 is 1.06 bits per heavy atom. The third-order valence-corrected chi connectivity index (χ3v) is 6.36. The van der Waals surface area contributed by atoms with Gasteiger partial charge < -0.3 is 13.9 Å². The molecule has 2 aliphatic rings. The van der Waals surface area contributed by atoms with Gasteiger partial charge in [-0.15, -0.1) is 0 Å². The monoisotopic (exact) mass is 476 g/mol. The van der Waals surface area contributed by atoms with E-state index in [2.05, 4.69) is 41.5 Å². The lowest BCUT2D eigenvalue weighted by Crippen LogP contribution is -2.47. The molecular formula is C27H32N4O4. The zero-order valence-electron chi connectivity index (χ0n) is 20.5.